The second kappa shape index (κ2) is 10.0. The molecule has 9 nitrogen and oxygen atoms in total. The molecule has 0 aliphatic carbocycles. The predicted molar refractivity (Wildman–Crippen MR) is 89.1 cm³/mol. The minimum Gasteiger partial charge on any atom is -0.480 e. The lowest BCUT2D eigenvalue weighted by molar-refractivity contribution is -0.142. The zero-order valence-corrected chi connectivity index (χ0v) is 13.6. The van der Waals surface area contributed by atoms with E-state index in [1.165, 1.54) is 0 Å². The molecular weight excluding hydrogens is 328 g/mol. The molecule has 136 valence electrons. The van der Waals surface area contributed by atoms with Crippen molar-refractivity contribution in [1.82, 2.24) is 10.6 Å². The molecule has 0 spiro atoms. The zero-order chi connectivity index (χ0) is 18.8. The number of hydrogen-bond acceptors (Lipinski definition) is 5. The van der Waals surface area contributed by atoms with Crippen LogP contribution in [0.25, 0.3) is 0 Å². The SMILES string of the molecule is NCC(=O)N[C@@H](Cc1ccccc1)C(=O)N[C@@H](CCC(N)=O)C(=O)O. The standard InChI is InChI=1S/C16H22N4O5/c17-9-14(22)19-12(8-10-4-2-1-3-5-10)15(23)20-11(16(24)25)6-7-13(18)21/h1-5,11-12H,6-9,17H2,(H2,18,21)(H,19,22)(H,20,23)(H,24,25)/t11-,12-/m0/s1. The van der Waals surface area contributed by atoms with Crippen LogP contribution < -0.4 is 22.1 Å². The molecule has 7 N–H and O–H groups in total. The summed E-state index contributed by atoms with van der Waals surface area (Å²) < 4.78 is 0. The number of carboxylic acid groups (broad SMARTS) is 1. The molecule has 0 saturated carbocycles. The highest BCUT2D eigenvalue weighted by Crippen LogP contribution is 2.05. The topological polar surface area (TPSA) is 165 Å². The monoisotopic (exact) mass is 350 g/mol. The first-order valence-electron chi connectivity index (χ1n) is 7.68. The Morgan fingerprint density at radius 1 is 1.04 bits per heavy atom. The summed E-state index contributed by atoms with van der Waals surface area (Å²) >= 11 is 0. The van der Waals surface area contributed by atoms with Crippen LogP contribution in [0.2, 0.25) is 0 Å². The first-order valence-corrected chi connectivity index (χ1v) is 7.68. The molecule has 25 heavy (non-hydrogen) atoms. The summed E-state index contributed by atoms with van der Waals surface area (Å²) in [5.41, 5.74) is 11.0. The number of primary amides is 1. The van der Waals surface area contributed by atoms with E-state index in [4.69, 9.17) is 16.6 Å². The molecule has 0 aromatic heterocycles. The summed E-state index contributed by atoms with van der Waals surface area (Å²) in [6, 6.07) is 6.64. The third-order valence-electron chi connectivity index (χ3n) is 3.41. The number of nitrogens with two attached hydrogens (primary N) is 2. The van der Waals surface area contributed by atoms with Gasteiger partial charge in [0.25, 0.3) is 0 Å². The molecule has 1 aromatic rings. The van der Waals surface area contributed by atoms with Gasteiger partial charge in [-0.3, -0.25) is 14.4 Å². The number of nitrogens with one attached hydrogen (secondary N) is 2. The molecule has 3 amide bonds. The maximum Gasteiger partial charge on any atom is 0.326 e. The van der Waals surface area contributed by atoms with Crippen molar-refractivity contribution < 1.29 is 24.3 Å². The first-order chi connectivity index (χ1) is 11.8. The minimum atomic E-state index is -1.29. The molecule has 2 atom stereocenters. The van der Waals surface area contributed by atoms with Gasteiger partial charge in [-0.2, -0.15) is 0 Å². The highest BCUT2D eigenvalue weighted by Gasteiger charge is 2.26. The lowest BCUT2D eigenvalue weighted by Gasteiger charge is -2.21. The Kier molecular flexibility index (Phi) is 8.07. The maximum atomic E-state index is 12.4. The predicted octanol–water partition coefficient (Wildman–Crippen LogP) is -1.49. The number of aliphatic carboxylic acids is 1. The van der Waals surface area contributed by atoms with Gasteiger partial charge in [0.05, 0.1) is 6.54 Å². The third kappa shape index (κ3) is 7.44. The van der Waals surface area contributed by atoms with E-state index in [-0.39, 0.29) is 25.8 Å². The molecule has 0 radical (unpaired) electrons. The Morgan fingerprint density at radius 2 is 1.68 bits per heavy atom. The quantitative estimate of drug-likeness (QED) is 0.345. The van der Waals surface area contributed by atoms with E-state index >= 15 is 0 Å². The van der Waals surface area contributed by atoms with Crippen LogP contribution in [0.4, 0.5) is 0 Å². The molecule has 0 bridgehead atoms. The van der Waals surface area contributed by atoms with Gasteiger partial charge in [-0.25, -0.2) is 4.79 Å². The van der Waals surface area contributed by atoms with Gasteiger partial charge in [0.2, 0.25) is 17.7 Å². The van der Waals surface area contributed by atoms with Crippen molar-refractivity contribution >= 4 is 23.7 Å². The molecule has 0 unspecified atom stereocenters. The molecule has 0 aliphatic rings. The van der Waals surface area contributed by atoms with Crippen LogP contribution in [0.15, 0.2) is 30.3 Å². The number of carbonyl (C=O) groups is 4. The highest BCUT2D eigenvalue weighted by atomic mass is 16.4. The van der Waals surface area contributed by atoms with Crippen LogP contribution >= 0.6 is 0 Å². The second-order valence-corrected chi connectivity index (χ2v) is 5.42. The molecule has 0 fully saturated rings. The normalized spacial score (nSPS) is 12.7. The summed E-state index contributed by atoms with van der Waals surface area (Å²) in [5.74, 6) is -3.18. The molecule has 0 aliphatic heterocycles. The molecule has 0 heterocycles. The average Bonchev–Trinajstić information content (AvgIpc) is 2.58. The Balaban J connectivity index is 2.83. The molecule has 9 heteroatoms. The number of carbonyl (C=O) groups excluding carboxylic acids is 3. The number of amides is 3. The van der Waals surface area contributed by atoms with Gasteiger partial charge in [0.15, 0.2) is 0 Å². The highest BCUT2D eigenvalue weighted by molar-refractivity contribution is 5.91. The Labute approximate surface area is 144 Å². The number of benzene rings is 1. The van der Waals surface area contributed by atoms with Gasteiger partial charge < -0.3 is 27.2 Å². The Morgan fingerprint density at radius 3 is 2.20 bits per heavy atom. The fourth-order valence-corrected chi connectivity index (χ4v) is 2.13. The van der Waals surface area contributed by atoms with Crippen LogP contribution in [0.1, 0.15) is 18.4 Å². The zero-order valence-electron chi connectivity index (χ0n) is 13.6. The van der Waals surface area contributed by atoms with Crippen molar-refractivity contribution in [1.29, 1.82) is 0 Å². The lowest BCUT2D eigenvalue weighted by atomic mass is 10.0. The van der Waals surface area contributed by atoms with E-state index in [1.807, 2.05) is 0 Å². The van der Waals surface area contributed by atoms with Crippen molar-refractivity contribution in [3.8, 4) is 0 Å². The molecule has 1 aromatic carbocycles. The lowest BCUT2D eigenvalue weighted by Crippen LogP contribution is -2.53. The minimum absolute atomic E-state index is 0.140. The smallest absolute Gasteiger partial charge is 0.326 e. The summed E-state index contributed by atoms with van der Waals surface area (Å²) in [5, 5.41) is 13.9. The van der Waals surface area contributed by atoms with Gasteiger partial charge in [0, 0.05) is 12.8 Å². The van der Waals surface area contributed by atoms with Crippen LogP contribution in [0.5, 0.6) is 0 Å². The van der Waals surface area contributed by atoms with E-state index in [1.54, 1.807) is 30.3 Å². The van der Waals surface area contributed by atoms with E-state index in [2.05, 4.69) is 10.6 Å². The maximum absolute atomic E-state index is 12.4. The molecular formula is C16H22N4O5. The van der Waals surface area contributed by atoms with Gasteiger partial charge in [-0.15, -0.1) is 0 Å². The van der Waals surface area contributed by atoms with Crippen LogP contribution in [-0.4, -0.2) is 47.4 Å². The van der Waals surface area contributed by atoms with Crippen molar-refractivity contribution in [3.63, 3.8) is 0 Å². The fraction of sp³-hybridized carbons (Fsp3) is 0.375. The number of carboxylic acids is 1. The van der Waals surface area contributed by atoms with Crippen LogP contribution in [0, 0.1) is 0 Å². The van der Waals surface area contributed by atoms with Crippen LogP contribution in [-0.2, 0) is 25.6 Å². The van der Waals surface area contributed by atoms with Crippen molar-refractivity contribution in [3.05, 3.63) is 35.9 Å². The largest absolute Gasteiger partial charge is 0.480 e. The number of hydrogen-bond donors (Lipinski definition) is 5. The molecule has 1 rings (SSSR count). The summed E-state index contributed by atoms with van der Waals surface area (Å²) in [6.07, 6.45) is -0.157. The summed E-state index contributed by atoms with van der Waals surface area (Å²) in [7, 11) is 0. The van der Waals surface area contributed by atoms with Crippen LogP contribution in [0.3, 0.4) is 0 Å². The molecule has 0 saturated heterocycles. The van der Waals surface area contributed by atoms with Crippen molar-refractivity contribution in [2.45, 2.75) is 31.3 Å². The van der Waals surface area contributed by atoms with Crippen molar-refractivity contribution in [2.75, 3.05) is 6.54 Å². The summed E-state index contributed by atoms with van der Waals surface area (Å²) in [4.78, 5) is 46.0. The van der Waals surface area contributed by atoms with Gasteiger partial charge in [0.1, 0.15) is 12.1 Å². The average molecular weight is 350 g/mol. The third-order valence-corrected chi connectivity index (χ3v) is 3.41. The van der Waals surface area contributed by atoms with E-state index < -0.39 is 35.8 Å². The number of rotatable bonds is 10. The summed E-state index contributed by atoms with van der Waals surface area (Å²) in [6.45, 7) is -0.303. The van der Waals surface area contributed by atoms with Crippen molar-refractivity contribution in [2.24, 2.45) is 11.5 Å². The van der Waals surface area contributed by atoms with E-state index in [0.717, 1.165) is 5.56 Å². The van der Waals surface area contributed by atoms with E-state index in [9.17, 15) is 19.2 Å². The van der Waals surface area contributed by atoms with Gasteiger partial charge in [-0.1, -0.05) is 30.3 Å². The Bertz CT molecular complexity index is 620. The van der Waals surface area contributed by atoms with Gasteiger partial charge >= 0.3 is 5.97 Å². The fourth-order valence-electron chi connectivity index (χ4n) is 2.13. The second-order valence-electron chi connectivity index (χ2n) is 5.42. The van der Waals surface area contributed by atoms with Gasteiger partial charge in [-0.05, 0) is 12.0 Å². The first kappa shape index (κ1) is 20.1. The van der Waals surface area contributed by atoms with E-state index in [0.29, 0.717) is 0 Å². The Hall–Kier alpha value is -2.94.